The van der Waals surface area contributed by atoms with E-state index >= 15 is 0 Å². The van der Waals surface area contributed by atoms with E-state index < -0.39 is 18.0 Å². The van der Waals surface area contributed by atoms with Crippen LogP contribution in [0.2, 0.25) is 0 Å². The molecule has 0 aliphatic carbocycles. The topological polar surface area (TPSA) is 73.9 Å². The predicted molar refractivity (Wildman–Crippen MR) is 107 cm³/mol. The van der Waals surface area contributed by atoms with Crippen molar-refractivity contribution in [3.8, 4) is 11.5 Å². The van der Waals surface area contributed by atoms with Crippen LogP contribution in [-0.2, 0) is 20.7 Å². The van der Waals surface area contributed by atoms with Crippen molar-refractivity contribution < 1.29 is 28.2 Å². The van der Waals surface area contributed by atoms with Gasteiger partial charge >= 0.3 is 5.97 Å². The van der Waals surface area contributed by atoms with Gasteiger partial charge < -0.3 is 19.5 Å². The molecule has 29 heavy (non-hydrogen) atoms. The number of halogens is 1. The monoisotopic (exact) mass is 401 g/mol. The highest BCUT2D eigenvalue weighted by atomic mass is 19.1. The van der Waals surface area contributed by atoms with Crippen molar-refractivity contribution in [2.24, 2.45) is 0 Å². The predicted octanol–water partition coefficient (Wildman–Crippen LogP) is 3.15. The molecule has 0 heterocycles. The first kappa shape index (κ1) is 21.9. The van der Waals surface area contributed by atoms with Gasteiger partial charge in [0.15, 0.2) is 6.10 Å². The third-order valence-corrected chi connectivity index (χ3v) is 4.13. The Morgan fingerprint density at radius 1 is 1.10 bits per heavy atom. The molecule has 0 bridgehead atoms. The molecular weight excluding hydrogens is 377 g/mol. The third-order valence-electron chi connectivity index (χ3n) is 4.13. The Labute approximate surface area is 169 Å². The number of methoxy groups -OCH3 is 2. The van der Waals surface area contributed by atoms with Crippen LogP contribution in [0.4, 0.5) is 4.39 Å². The van der Waals surface area contributed by atoms with E-state index in [-0.39, 0.29) is 5.82 Å². The normalized spacial score (nSPS) is 11.7. The van der Waals surface area contributed by atoms with Gasteiger partial charge in [0.25, 0.3) is 5.91 Å². The van der Waals surface area contributed by atoms with Gasteiger partial charge in [0.2, 0.25) is 0 Å². The second-order valence-corrected chi connectivity index (χ2v) is 6.19. The molecule has 0 aliphatic rings. The zero-order valence-electron chi connectivity index (χ0n) is 16.6. The average molecular weight is 401 g/mol. The van der Waals surface area contributed by atoms with Crippen LogP contribution >= 0.6 is 0 Å². The minimum absolute atomic E-state index is 0.307. The first-order valence-electron chi connectivity index (χ1n) is 9.06. The number of nitrogens with one attached hydrogen (secondary N) is 1. The Hall–Kier alpha value is -3.35. The van der Waals surface area contributed by atoms with Gasteiger partial charge in [0.1, 0.15) is 17.3 Å². The number of carbonyl (C=O) groups excluding carboxylic acids is 2. The van der Waals surface area contributed by atoms with Crippen LogP contribution in [0.5, 0.6) is 11.5 Å². The van der Waals surface area contributed by atoms with Crippen LogP contribution in [0.25, 0.3) is 6.08 Å². The van der Waals surface area contributed by atoms with Gasteiger partial charge in [-0.1, -0.05) is 12.1 Å². The summed E-state index contributed by atoms with van der Waals surface area (Å²) in [6.45, 7) is 1.85. The molecule has 1 atom stereocenters. The quantitative estimate of drug-likeness (QED) is 0.516. The maximum Gasteiger partial charge on any atom is 0.331 e. The third kappa shape index (κ3) is 6.95. The van der Waals surface area contributed by atoms with Crippen LogP contribution in [0.3, 0.4) is 0 Å². The number of esters is 1. The Morgan fingerprint density at radius 2 is 1.83 bits per heavy atom. The number of hydrogen-bond acceptors (Lipinski definition) is 5. The fourth-order valence-corrected chi connectivity index (χ4v) is 2.51. The van der Waals surface area contributed by atoms with Crippen molar-refractivity contribution in [1.29, 1.82) is 0 Å². The molecule has 6 nitrogen and oxygen atoms in total. The zero-order chi connectivity index (χ0) is 21.2. The van der Waals surface area contributed by atoms with Crippen LogP contribution in [0, 0.1) is 5.82 Å². The maximum atomic E-state index is 12.9. The standard InChI is InChI=1S/C22H24FNO5/c1-15(22(26)24-13-12-16-4-8-18(23)9-5-16)29-21(25)11-7-17-6-10-19(27-2)14-20(17)28-3/h4-11,14-15H,12-13H2,1-3H3,(H,24,26)/b11-7+/t15-/m0/s1. The second-order valence-electron chi connectivity index (χ2n) is 6.19. The summed E-state index contributed by atoms with van der Waals surface area (Å²) in [5, 5.41) is 2.69. The largest absolute Gasteiger partial charge is 0.497 e. The lowest BCUT2D eigenvalue weighted by molar-refractivity contribution is -0.150. The highest BCUT2D eigenvalue weighted by Crippen LogP contribution is 2.25. The molecule has 0 aliphatic heterocycles. The highest BCUT2D eigenvalue weighted by Gasteiger charge is 2.16. The zero-order valence-corrected chi connectivity index (χ0v) is 16.6. The van der Waals surface area contributed by atoms with Crippen molar-refractivity contribution in [2.75, 3.05) is 20.8 Å². The molecule has 0 fully saturated rings. The van der Waals surface area contributed by atoms with Crippen molar-refractivity contribution in [3.63, 3.8) is 0 Å². The smallest absolute Gasteiger partial charge is 0.331 e. The Balaban J connectivity index is 1.82. The number of amides is 1. The fourth-order valence-electron chi connectivity index (χ4n) is 2.51. The summed E-state index contributed by atoms with van der Waals surface area (Å²) < 4.78 is 28.4. The molecule has 0 aromatic heterocycles. The van der Waals surface area contributed by atoms with E-state index in [4.69, 9.17) is 14.2 Å². The van der Waals surface area contributed by atoms with Crippen molar-refractivity contribution in [2.45, 2.75) is 19.4 Å². The number of hydrogen-bond donors (Lipinski definition) is 1. The lowest BCUT2D eigenvalue weighted by atomic mass is 10.1. The molecule has 7 heteroatoms. The highest BCUT2D eigenvalue weighted by molar-refractivity contribution is 5.90. The summed E-state index contributed by atoms with van der Waals surface area (Å²) in [6, 6.07) is 11.2. The summed E-state index contributed by atoms with van der Waals surface area (Å²) in [5.74, 6) is -0.189. The maximum absolute atomic E-state index is 12.9. The minimum atomic E-state index is -0.946. The molecule has 0 spiro atoms. The Kier molecular flexibility index (Phi) is 8.21. The van der Waals surface area contributed by atoms with E-state index in [9.17, 15) is 14.0 Å². The number of carbonyl (C=O) groups is 2. The van der Waals surface area contributed by atoms with Gasteiger partial charge in [-0.25, -0.2) is 9.18 Å². The van der Waals surface area contributed by atoms with Crippen LogP contribution in [-0.4, -0.2) is 38.7 Å². The van der Waals surface area contributed by atoms with Gasteiger partial charge in [0, 0.05) is 24.3 Å². The molecule has 154 valence electrons. The molecule has 1 N–H and O–H groups in total. The van der Waals surface area contributed by atoms with Crippen LogP contribution in [0.1, 0.15) is 18.1 Å². The number of benzene rings is 2. The van der Waals surface area contributed by atoms with Gasteiger partial charge in [-0.3, -0.25) is 4.79 Å². The van der Waals surface area contributed by atoms with Crippen LogP contribution in [0.15, 0.2) is 48.5 Å². The number of rotatable bonds is 9. The summed E-state index contributed by atoms with van der Waals surface area (Å²) in [5.41, 5.74) is 1.56. The lowest BCUT2D eigenvalue weighted by Crippen LogP contribution is -2.36. The van der Waals surface area contributed by atoms with E-state index in [1.807, 2.05) is 0 Å². The second kappa shape index (κ2) is 10.8. The molecule has 2 aromatic carbocycles. The van der Waals surface area contributed by atoms with Gasteiger partial charge in [-0.2, -0.15) is 0 Å². The molecule has 2 rings (SSSR count). The molecule has 0 saturated heterocycles. The fraction of sp³-hybridized carbons (Fsp3) is 0.273. The van der Waals surface area contributed by atoms with Gasteiger partial charge in [-0.15, -0.1) is 0 Å². The first-order chi connectivity index (χ1) is 13.9. The van der Waals surface area contributed by atoms with Gasteiger partial charge in [0.05, 0.1) is 14.2 Å². The Bertz CT molecular complexity index is 864. The molecule has 1 amide bonds. The van der Waals surface area contributed by atoms with Crippen molar-refractivity contribution >= 4 is 18.0 Å². The van der Waals surface area contributed by atoms with E-state index in [0.29, 0.717) is 30.0 Å². The van der Waals surface area contributed by atoms with E-state index in [2.05, 4.69) is 5.32 Å². The number of ether oxygens (including phenoxy) is 3. The Morgan fingerprint density at radius 3 is 2.48 bits per heavy atom. The summed E-state index contributed by atoms with van der Waals surface area (Å²) >= 11 is 0. The first-order valence-corrected chi connectivity index (χ1v) is 9.06. The van der Waals surface area contributed by atoms with Crippen molar-refractivity contribution in [3.05, 3.63) is 65.5 Å². The summed E-state index contributed by atoms with van der Waals surface area (Å²) in [7, 11) is 3.07. The molecule has 2 aromatic rings. The van der Waals surface area contributed by atoms with Gasteiger partial charge in [-0.05, 0) is 49.2 Å². The van der Waals surface area contributed by atoms with Crippen molar-refractivity contribution in [1.82, 2.24) is 5.32 Å². The lowest BCUT2D eigenvalue weighted by Gasteiger charge is -2.12. The van der Waals surface area contributed by atoms with E-state index in [1.165, 1.54) is 32.2 Å². The molecule has 0 saturated carbocycles. The van der Waals surface area contributed by atoms with E-state index in [0.717, 1.165) is 5.56 Å². The SMILES string of the molecule is COc1ccc(/C=C/C(=O)O[C@@H](C)C(=O)NCCc2ccc(F)cc2)c(OC)c1. The summed E-state index contributed by atoms with van der Waals surface area (Å²) in [6.07, 6.45) is 2.37. The average Bonchev–Trinajstić information content (AvgIpc) is 2.73. The van der Waals surface area contributed by atoms with E-state index in [1.54, 1.807) is 43.5 Å². The van der Waals surface area contributed by atoms with Crippen LogP contribution < -0.4 is 14.8 Å². The summed E-state index contributed by atoms with van der Waals surface area (Å²) in [4.78, 5) is 24.1. The minimum Gasteiger partial charge on any atom is -0.497 e. The molecule has 0 radical (unpaired) electrons. The molecular formula is C22H24FNO5. The molecule has 0 unspecified atom stereocenters.